The molecule has 0 atom stereocenters. The lowest BCUT2D eigenvalue weighted by molar-refractivity contribution is 0.301. The Bertz CT molecular complexity index is 823. The van der Waals surface area contributed by atoms with Crippen molar-refractivity contribution in [3.63, 3.8) is 0 Å². The minimum Gasteiger partial charge on any atom is -0.508 e. The van der Waals surface area contributed by atoms with Crippen molar-refractivity contribution in [3.8, 4) is 22.8 Å². The van der Waals surface area contributed by atoms with Gasteiger partial charge in [0.2, 0.25) is 0 Å². The highest BCUT2D eigenvalue weighted by Crippen LogP contribution is 2.33. The van der Waals surface area contributed by atoms with Gasteiger partial charge in [-0.1, -0.05) is 5.16 Å². The zero-order chi connectivity index (χ0) is 16.4. The summed E-state index contributed by atoms with van der Waals surface area (Å²) in [4.78, 5) is 8.62. The number of hydrogen-bond acceptors (Lipinski definition) is 6. The van der Waals surface area contributed by atoms with E-state index in [9.17, 15) is 5.11 Å². The molecule has 0 radical (unpaired) electrons. The number of phenolic OH excluding ortho intramolecular Hbond substituents is 1. The molecule has 118 valence electrons. The third-order valence-electron chi connectivity index (χ3n) is 3.65. The third-order valence-corrected chi connectivity index (χ3v) is 3.65. The Labute approximate surface area is 133 Å². The van der Waals surface area contributed by atoms with Gasteiger partial charge < -0.3 is 14.4 Å². The van der Waals surface area contributed by atoms with Gasteiger partial charge in [-0.05, 0) is 32.9 Å². The van der Waals surface area contributed by atoms with E-state index < -0.39 is 0 Å². The molecule has 0 fully saturated rings. The van der Waals surface area contributed by atoms with Gasteiger partial charge in [0.1, 0.15) is 23.9 Å². The van der Waals surface area contributed by atoms with Crippen LogP contribution in [-0.4, -0.2) is 20.2 Å². The zero-order valence-electron chi connectivity index (χ0n) is 13.2. The van der Waals surface area contributed by atoms with Gasteiger partial charge in [0.15, 0.2) is 0 Å². The molecule has 3 rings (SSSR count). The predicted octanol–water partition coefficient (Wildman–Crippen LogP) is 3.34. The Balaban J connectivity index is 1.96. The fraction of sp³-hybridized carbons (Fsp3) is 0.235. The van der Waals surface area contributed by atoms with E-state index in [1.54, 1.807) is 30.6 Å². The lowest BCUT2D eigenvalue weighted by Gasteiger charge is -2.12. The van der Waals surface area contributed by atoms with E-state index in [4.69, 9.17) is 9.26 Å². The molecule has 6 heteroatoms. The van der Waals surface area contributed by atoms with Crippen molar-refractivity contribution in [2.45, 2.75) is 27.4 Å². The van der Waals surface area contributed by atoms with E-state index in [2.05, 4.69) is 15.1 Å². The van der Waals surface area contributed by atoms with Crippen LogP contribution in [0.25, 0.3) is 11.3 Å². The van der Waals surface area contributed by atoms with Crippen molar-refractivity contribution in [1.29, 1.82) is 0 Å². The standard InChI is InChI=1S/C17H17N3O3/c1-10-15(12(3)23-20-10)9-22-16-8-13(21)4-5-14(16)17-11(2)18-6-7-19-17/h4-8,21H,9H2,1-3H3. The molecule has 23 heavy (non-hydrogen) atoms. The smallest absolute Gasteiger partial charge is 0.140 e. The summed E-state index contributed by atoms with van der Waals surface area (Å²) in [5.41, 5.74) is 3.98. The first-order valence-corrected chi connectivity index (χ1v) is 7.22. The summed E-state index contributed by atoms with van der Waals surface area (Å²) >= 11 is 0. The van der Waals surface area contributed by atoms with Crippen LogP contribution >= 0.6 is 0 Å². The van der Waals surface area contributed by atoms with E-state index in [1.165, 1.54) is 0 Å². The third kappa shape index (κ3) is 3.01. The molecule has 0 aliphatic heterocycles. The van der Waals surface area contributed by atoms with Gasteiger partial charge in [-0.2, -0.15) is 0 Å². The van der Waals surface area contributed by atoms with Crippen molar-refractivity contribution in [3.05, 3.63) is 53.3 Å². The Kier molecular flexibility index (Phi) is 3.97. The van der Waals surface area contributed by atoms with Gasteiger partial charge in [0, 0.05) is 24.0 Å². The topological polar surface area (TPSA) is 81.3 Å². The van der Waals surface area contributed by atoms with Crippen LogP contribution in [0.3, 0.4) is 0 Å². The fourth-order valence-corrected chi connectivity index (χ4v) is 2.36. The summed E-state index contributed by atoms with van der Waals surface area (Å²) in [5, 5.41) is 13.7. The molecule has 1 N–H and O–H groups in total. The predicted molar refractivity (Wildman–Crippen MR) is 84.2 cm³/mol. The minimum atomic E-state index is 0.129. The van der Waals surface area contributed by atoms with Crippen LogP contribution in [0.1, 0.15) is 22.7 Å². The van der Waals surface area contributed by atoms with Crippen molar-refractivity contribution >= 4 is 0 Å². The molecule has 2 aromatic heterocycles. The van der Waals surface area contributed by atoms with Gasteiger partial charge in [0.25, 0.3) is 0 Å². The second kappa shape index (κ2) is 6.08. The molecule has 0 aliphatic rings. The normalized spacial score (nSPS) is 10.7. The molecular formula is C17H17N3O3. The van der Waals surface area contributed by atoms with E-state index >= 15 is 0 Å². The van der Waals surface area contributed by atoms with Crippen LogP contribution in [0.5, 0.6) is 11.5 Å². The molecule has 0 amide bonds. The largest absolute Gasteiger partial charge is 0.508 e. The summed E-state index contributed by atoms with van der Waals surface area (Å²) in [5.74, 6) is 1.39. The van der Waals surface area contributed by atoms with Crippen LogP contribution in [0.4, 0.5) is 0 Å². The number of phenols is 1. The van der Waals surface area contributed by atoms with Crippen molar-refractivity contribution in [2.24, 2.45) is 0 Å². The SMILES string of the molecule is Cc1nccnc1-c1ccc(O)cc1OCc1c(C)noc1C. The van der Waals surface area contributed by atoms with Gasteiger partial charge in [0.05, 0.1) is 22.6 Å². The fourth-order valence-electron chi connectivity index (χ4n) is 2.36. The Morgan fingerprint density at radius 1 is 1.09 bits per heavy atom. The number of aryl methyl sites for hydroxylation is 3. The van der Waals surface area contributed by atoms with Gasteiger partial charge in [-0.15, -0.1) is 0 Å². The summed E-state index contributed by atoms with van der Waals surface area (Å²) in [6, 6.07) is 4.95. The number of hydrogen-bond donors (Lipinski definition) is 1. The van der Waals surface area contributed by atoms with Crippen LogP contribution in [0.15, 0.2) is 35.1 Å². The number of rotatable bonds is 4. The molecule has 0 spiro atoms. The lowest BCUT2D eigenvalue weighted by atomic mass is 10.1. The Hall–Kier alpha value is -2.89. The van der Waals surface area contributed by atoms with Crippen LogP contribution in [0.2, 0.25) is 0 Å². The maximum atomic E-state index is 9.77. The first kappa shape index (κ1) is 15.0. The highest BCUT2D eigenvalue weighted by molar-refractivity contribution is 5.69. The molecule has 6 nitrogen and oxygen atoms in total. The van der Waals surface area contributed by atoms with Crippen LogP contribution in [0, 0.1) is 20.8 Å². The molecule has 0 bridgehead atoms. The molecule has 0 saturated carbocycles. The van der Waals surface area contributed by atoms with Gasteiger partial charge in [-0.3, -0.25) is 9.97 Å². The average molecular weight is 311 g/mol. The second-order valence-corrected chi connectivity index (χ2v) is 5.26. The lowest BCUT2D eigenvalue weighted by Crippen LogP contribution is -2.00. The maximum absolute atomic E-state index is 9.77. The monoisotopic (exact) mass is 311 g/mol. The quantitative estimate of drug-likeness (QED) is 0.796. The molecule has 0 aliphatic carbocycles. The molecule has 2 heterocycles. The van der Waals surface area contributed by atoms with E-state index in [1.807, 2.05) is 20.8 Å². The minimum absolute atomic E-state index is 0.129. The van der Waals surface area contributed by atoms with E-state index in [0.717, 1.165) is 34.0 Å². The Morgan fingerprint density at radius 2 is 1.87 bits per heavy atom. The van der Waals surface area contributed by atoms with E-state index in [-0.39, 0.29) is 5.75 Å². The molecular weight excluding hydrogens is 294 g/mol. The van der Waals surface area contributed by atoms with Crippen LogP contribution in [-0.2, 0) is 6.61 Å². The van der Waals surface area contributed by atoms with Gasteiger partial charge in [-0.25, -0.2) is 0 Å². The van der Waals surface area contributed by atoms with Crippen molar-refractivity contribution in [2.75, 3.05) is 0 Å². The number of ether oxygens (including phenoxy) is 1. The summed E-state index contributed by atoms with van der Waals surface area (Å²) in [6.45, 7) is 5.89. The van der Waals surface area contributed by atoms with Gasteiger partial charge >= 0.3 is 0 Å². The van der Waals surface area contributed by atoms with Crippen molar-refractivity contribution < 1.29 is 14.4 Å². The van der Waals surface area contributed by atoms with E-state index in [0.29, 0.717) is 12.4 Å². The molecule has 0 unspecified atom stereocenters. The zero-order valence-corrected chi connectivity index (χ0v) is 13.2. The first-order valence-electron chi connectivity index (χ1n) is 7.22. The Morgan fingerprint density at radius 3 is 2.57 bits per heavy atom. The van der Waals surface area contributed by atoms with Crippen LogP contribution < -0.4 is 4.74 Å². The molecule has 1 aromatic carbocycles. The maximum Gasteiger partial charge on any atom is 0.140 e. The molecule has 0 saturated heterocycles. The summed E-state index contributed by atoms with van der Waals surface area (Å²) in [7, 11) is 0. The highest BCUT2D eigenvalue weighted by atomic mass is 16.5. The highest BCUT2D eigenvalue weighted by Gasteiger charge is 2.14. The average Bonchev–Trinajstić information content (AvgIpc) is 2.85. The summed E-state index contributed by atoms with van der Waals surface area (Å²) < 4.78 is 11.0. The first-order chi connectivity index (χ1) is 11.1. The summed E-state index contributed by atoms with van der Waals surface area (Å²) in [6.07, 6.45) is 3.27. The number of benzene rings is 1. The molecule has 3 aromatic rings. The number of nitrogens with zero attached hydrogens (tertiary/aromatic N) is 3. The second-order valence-electron chi connectivity index (χ2n) is 5.26. The number of aromatic nitrogens is 3. The number of aromatic hydroxyl groups is 1. The van der Waals surface area contributed by atoms with Crippen molar-refractivity contribution in [1.82, 2.24) is 15.1 Å².